The number of aromatic nitrogens is 2. The van der Waals surface area contributed by atoms with Crippen molar-refractivity contribution in [3.8, 4) is 0 Å². The first-order chi connectivity index (χ1) is 12.5. The van der Waals surface area contributed by atoms with E-state index in [0.717, 1.165) is 49.1 Å². The summed E-state index contributed by atoms with van der Waals surface area (Å²) >= 11 is 0. The van der Waals surface area contributed by atoms with E-state index in [1.165, 1.54) is 6.42 Å². The fraction of sp³-hybridized carbons (Fsp3) is 0.737. The summed E-state index contributed by atoms with van der Waals surface area (Å²) in [5, 5.41) is 9.14. The van der Waals surface area contributed by atoms with Gasteiger partial charge in [0.05, 0.1) is 18.4 Å². The zero-order valence-corrected chi connectivity index (χ0v) is 15.4. The van der Waals surface area contributed by atoms with Crippen molar-refractivity contribution >= 4 is 17.7 Å². The molecule has 3 saturated heterocycles. The summed E-state index contributed by atoms with van der Waals surface area (Å²) in [6.07, 6.45) is 2.67. The molecule has 5 aliphatic rings. The molecular formula is C19H26N4O3. The first-order valence-corrected chi connectivity index (χ1v) is 9.77. The summed E-state index contributed by atoms with van der Waals surface area (Å²) in [6, 6.07) is 0.494. The average molecular weight is 358 g/mol. The van der Waals surface area contributed by atoms with Crippen molar-refractivity contribution in [3.63, 3.8) is 0 Å². The van der Waals surface area contributed by atoms with Gasteiger partial charge in [-0.3, -0.25) is 4.79 Å². The second-order valence-electron chi connectivity index (χ2n) is 8.42. The molecule has 140 valence electrons. The van der Waals surface area contributed by atoms with Gasteiger partial charge < -0.3 is 19.6 Å². The van der Waals surface area contributed by atoms with E-state index in [1.54, 1.807) is 0 Å². The van der Waals surface area contributed by atoms with Crippen LogP contribution in [0.15, 0.2) is 0 Å². The molecule has 1 aliphatic carbocycles. The Labute approximate surface area is 153 Å². The van der Waals surface area contributed by atoms with Crippen LogP contribution < -0.4 is 9.80 Å². The molecular weight excluding hydrogens is 332 g/mol. The molecule has 6 rings (SSSR count). The SMILES string of the molecule is C[C@@H]1OCc2c1nc(N1CC[C@@H]1C)nc2N1C[C@H]2C[C@@H](C1)[C@@H]2CC(=O)O. The normalized spacial score (nSPS) is 34.9. The van der Waals surface area contributed by atoms with Crippen LogP contribution in [0.5, 0.6) is 0 Å². The van der Waals surface area contributed by atoms with E-state index >= 15 is 0 Å². The van der Waals surface area contributed by atoms with Crippen LogP contribution in [0.25, 0.3) is 0 Å². The summed E-state index contributed by atoms with van der Waals surface area (Å²) in [6.45, 7) is 7.67. The van der Waals surface area contributed by atoms with E-state index in [0.29, 0.717) is 36.8 Å². The molecule has 0 aromatic carbocycles. The molecule has 5 atom stereocenters. The van der Waals surface area contributed by atoms with Gasteiger partial charge in [-0.1, -0.05) is 0 Å². The third-order valence-corrected chi connectivity index (χ3v) is 6.88. The molecule has 0 unspecified atom stereocenters. The minimum absolute atomic E-state index is 0.0150. The highest BCUT2D eigenvalue weighted by molar-refractivity contribution is 5.67. The number of carbonyl (C=O) groups is 1. The largest absolute Gasteiger partial charge is 0.481 e. The third-order valence-electron chi connectivity index (χ3n) is 6.88. The molecule has 1 saturated carbocycles. The van der Waals surface area contributed by atoms with Crippen LogP contribution in [0.4, 0.5) is 11.8 Å². The van der Waals surface area contributed by atoms with Crippen molar-refractivity contribution in [1.29, 1.82) is 0 Å². The van der Waals surface area contributed by atoms with E-state index in [2.05, 4.69) is 23.6 Å². The van der Waals surface area contributed by atoms with E-state index < -0.39 is 5.97 Å². The zero-order valence-electron chi connectivity index (χ0n) is 15.4. The lowest BCUT2D eigenvalue weighted by atomic mass is 9.60. The number of carboxylic acids is 1. The average Bonchev–Trinajstić information content (AvgIpc) is 2.99. The molecule has 0 radical (unpaired) electrons. The molecule has 7 nitrogen and oxygen atoms in total. The number of carboxylic acid groups (broad SMARTS) is 1. The molecule has 4 aliphatic heterocycles. The number of fused-ring (bicyclic) bond motifs is 3. The number of piperidine rings is 2. The highest BCUT2D eigenvalue weighted by atomic mass is 16.5. The number of hydrogen-bond donors (Lipinski definition) is 1. The maximum atomic E-state index is 11.1. The van der Waals surface area contributed by atoms with Crippen molar-refractivity contribution in [2.24, 2.45) is 17.8 Å². The number of anilines is 2. The quantitative estimate of drug-likeness (QED) is 0.884. The fourth-order valence-electron chi connectivity index (χ4n) is 5.14. The smallest absolute Gasteiger partial charge is 0.303 e. The second kappa shape index (κ2) is 5.81. The van der Waals surface area contributed by atoms with Gasteiger partial charge in [0.2, 0.25) is 5.95 Å². The first-order valence-electron chi connectivity index (χ1n) is 9.77. The highest BCUT2D eigenvalue weighted by Gasteiger charge is 2.48. The van der Waals surface area contributed by atoms with Crippen molar-refractivity contribution in [2.75, 3.05) is 29.4 Å². The first kappa shape index (κ1) is 16.3. The van der Waals surface area contributed by atoms with Crippen LogP contribution in [0.1, 0.15) is 50.5 Å². The molecule has 26 heavy (non-hydrogen) atoms. The summed E-state index contributed by atoms with van der Waals surface area (Å²) in [5.74, 6) is 2.47. The summed E-state index contributed by atoms with van der Waals surface area (Å²) in [4.78, 5) is 25.5. The van der Waals surface area contributed by atoms with Gasteiger partial charge in [-0.05, 0) is 44.4 Å². The highest BCUT2D eigenvalue weighted by Crippen LogP contribution is 2.49. The Morgan fingerprint density at radius 2 is 2.04 bits per heavy atom. The van der Waals surface area contributed by atoms with Crippen molar-refractivity contribution in [1.82, 2.24) is 9.97 Å². The zero-order chi connectivity index (χ0) is 18.0. The molecule has 5 heterocycles. The Balaban J connectivity index is 1.44. The molecule has 1 N–H and O–H groups in total. The van der Waals surface area contributed by atoms with Gasteiger partial charge in [0.1, 0.15) is 5.82 Å². The molecule has 0 spiro atoms. The monoisotopic (exact) mass is 358 g/mol. The Kier molecular flexibility index (Phi) is 3.64. The van der Waals surface area contributed by atoms with Crippen LogP contribution in [0.3, 0.4) is 0 Å². The predicted octanol–water partition coefficient (Wildman–Crippen LogP) is 2.21. The van der Waals surface area contributed by atoms with Gasteiger partial charge in [-0.2, -0.15) is 4.98 Å². The summed E-state index contributed by atoms with van der Waals surface area (Å²) in [5.41, 5.74) is 2.16. The maximum absolute atomic E-state index is 11.1. The lowest BCUT2D eigenvalue weighted by molar-refractivity contribution is -0.141. The minimum atomic E-state index is -0.669. The molecule has 0 amide bonds. The second-order valence-corrected chi connectivity index (χ2v) is 8.42. The van der Waals surface area contributed by atoms with E-state index in [4.69, 9.17) is 19.8 Å². The maximum Gasteiger partial charge on any atom is 0.303 e. The topological polar surface area (TPSA) is 78.8 Å². The van der Waals surface area contributed by atoms with E-state index in [9.17, 15) is 4.79 Å². The Morgan fingerprint density at radius 1 is 1.27 bits per heavy atom. The lowest BCUT2D eigenvalue weighted by Gasteiger charge is -2.54. The lowest BCUT2D eigenvalue weighted by Crippen LogP contribution is -2.56. The van der Waals surface area contributed by atoms with E-state index in [1.807, 2.05) is 0 Å². The molecule has 1 aromatic heterocycles. The van der Waals surface area contributed by atoms with Crippen LogP contribution in [-0.2, 0) is 16.1 Å². The van der Waals surface area contributed by atoms with Crippen molar-refractivity contribution in [2.45, 2.75) is 51.9 Å². The van der Waals surface area contributed by atoms with Gasteiger partial charge in [0, 0.05) is 37.7 Å². The minimum Gasteiger partial charge on any atom is -0.481 e. The molecule has 2 bridgehead atoms. The number of ether oxygens (including phenoxy) is 1. The third kappa shape index (κ3) is 2.40. The molecule has 1 aromatic rings. The van der Waals surface area contributed by atoms with Gasteiger partial charge in [0.25, 0.3) is 0 Å². The number of aliphatic carboxylic acids is 1. The Hall–Kier alpha value is -1.89. The van der Waals surface area contributed by atoms with Gasteiger partial charge in [0.15, 0.2) is 0 Å². The van der Waals surface area contributed by atoms with Gasteiger partial charge in [-0.25, -0.2) is 4.98 Å². The Morgan fingerprint density at radius 3 is 2.65 bits per heavy atom. The molecule has 7 heteroatoms. The summed E-state index contributed by atoms with van der Waals surface area (Å²) < 4.78 is 5.85. The van der Waals surface area contributed by atoms with Crippen molar-refractivity contribution < 1.29 is 14.6 Å². The number of hydrogen-bond acceptors (Lipinski definition) is 6. The Bertz CT molecular complexity index is 743. The van der Waals surface area contributed by atoms with Crippen LogP contribution in [0, 0.1) is 17.8 Å². The van der Waals surface area contributed by atoms with Crippen LogP contribution in [0.2, 0.25) is 0 Å². The molecule has 4 fully saturated rings. The van der Waals surface area contributed by atoms with Crippen LogP contribution in [-0.4, -0.2) is 46.7 Å². The number of nitrogens with zero attached hydrogens (tertiary/aromatic N) is 4. The van der Waals surface area contributed by atoms with E-state index in [-0.39, 0.29) is 6.10 Å². The fourth-order valence-corrected chi connectivity index (χ4v) is 5.14. The van der Waals surface area contributed by atoms with Gasteiger partial charge >= 0.3 is 5.97 Å². The number of rotatable bonds is 4. The van der Waals surface area contributed by atoms with Crippen molar-refractivity contribution in [3.05, 3.63) is 11.3 Å². The predicted molar refractivity (Wildman–Crippen MR) is 96.2 cm³/mol. The standard InChI is InChI=1S/C19H26N4O3/c1-10-3-4-23(10)19-20-17-11(2)26-9-15(17)18(21-19)22-7-12-5-13(8-22)14(12)6-16(24)25/h10-14H,3-9H2,1-2H3,(H,24,25)/t10-,11-,12-,13+,14-/m0/s1. The summed E-state index contributed by atoms with van der Waals surface area (Å²) in [7, 11) is 0. The van der Waals surface area contributed by atoms with Gasteiger partial charge in [-0.15, -0.1) is 0 Å². The van der Waals surface area contributed by atoms with Crippen LogP contribution >= 0.6 is 0 Å².